The van der Waals surface area contributed by atoms with E-state index in [1.165, 1.54) is 19.3 Å². The first-order chi connectivity index (χ1) is 11.9. The normalized spacial score (nSPS) is 16.8. The molecule has 2 rings (SSSR count). The molecule has 1 saturated carbocycles. The number of anilines is 1. The standard InChI is InChI=1S/C19H30N4O2/c1-19(2,23-18(25)21-15-11-7-4-8-12-15)17(24)22-16(13-20)14-9-5-3-6-10-14/h4,7-8,11-12,14,16H,3,5-6,9-10,13,20H2,1-2H3,(H,22,24)(H2,21,23,25). The number of para-hydroxylation sites is 1. The second-order valence-corrected chi connectivity index (χ2v) is 7.28. The number of rotatable bonds is 6. The number of hydrogen-bond donors (Lipinski definition) is 4. The quantitative estimate of drug-likeness (QED) is 0.637. The highest BCUT2D eigenvalue weighted by Gasteiger charge is 2.33. The highest BCUT2D eigenvalue weighted by atomic mass is 16.2. The van der Waals surface area contributed by atoms with E-state index in [0.29, 0.717) is 18.2 Å². The Kier molecular flexibility index (Phi) is 6.82. The van der Waals surface area contributed by atoms with Gasteiger partial charge in [-0.15, -0.1) is 0 Å². The third-order valence-electron chi connectivity index (χ3n) is 4.81. The molecule has 1 aliphatic rings. The summed E-state index contributed by atoms with van der Waals surface area (Å²) in [7, 11) is 0. The highest BCUT2D eigenvalue weighted by Crippen LogP contribution is 2.26. The zero-order valence-corrected chi connectivity index (χ0v) is 15.2. The molecule has 0 saturated heterocycles. The van der Waals surface area contributed by atoms with Crippen molar-refractivity contribution >= 4 is 17.6 Å². The van der Waals surface area contributed by atoms with Crippen LogP contribution in [0, 0.1) is 5.92 Å². The Hall–Kier alpha value is -2.08. The average Bonchev–Trinajstić information content (AvgIpc) is 2.60. The van der Waals surface area contributed by atoms with E-state index in [1.807, 2.05) is 18.2 Å². The van der Waals surface area contributed by atoms with Crippen LogP contribution in [0.2, 0.25) is 0 Å². The molecule has 0 bridgehead atoms. The molecule has 0 aliphatic heterocycles. The van der Waals surface area contributed by atoms with Crippen LogP contribution in [0.3, 0.4) is 0 Å². The first-order valence-corrected chi connectivity index (χ1v) is 9.07. The van der Waals surface area contributed by atoms with E-state index in [1.54, 1.807) is 26.0 Å². The van der Waals surface area contributed by atoms with Crippen LogP contribution in [0.15, 0.2) is 30.3 Å². The molecule has 5 N–H and O–H groups in total. The van der Waals surface area contributed by atoms with Gasteiger partial charge in [-0.25, -0.2) is 4.79 Å². The van der Waals surface area contributed by atoms with Crippen molar-refractivity contribution in [3.8, 4) is 0 Å². The van der Waals surface area contributed by atoms with Gasteiger partial charge in [0.15, 0.2) is 0 Å². The lowest BCUT2D eigenvalue weighted by Crippen LogP contribution is -2.59. The molecule has 1 aromatic carbocycles. The second kappa shape index (κ2) is 8.85. The molecule has 1 aromatic rings. The third-order valence-corrected chi connectivity index (χ3v) is 4.81. The number of hydrogen-bond acceptors (Lipinski definition) is 3. The van der Waals surface area contributed by atoms with E-state index in [9.17, 15) is 9.59 Å². The van der Waals surface area contributed by atoms with Gasteiger partial charge in [0, 0.05) is 18.3 Å². The van der Waals surface area contributed by atoms with Gasteiger partial charge >= 0.3 is 6.03 Å². The average molecular weight is 346 g/mol. The summed E-state index contributed by atoms with van der Waals surface area (Å²) in [5.74, 6) is 0.216. The summed E-state index contributed by atoms with van der Waals surface area (Å²) in [4.78, 5) is 24.8. The molecule has 6 heteroatoms. The monoisotopic (exact) mass is 346 g/mol. The fourth-order valence-electron chi connectivity index (χ4n) is 3.28. The lowest BCUT2D eigenvalue weighted by atomic mass is 9.83. The summed E-state index contributed by atoms with van der Waals surface area (Å²) in [5.41, 5.74) is 5.54. The molecule has 1 aliphatic carbocycles. The Morgan fingerprint density at radius 3 is 2.40 bits per heavy atom. The van der Waals surface area contributed by atoms with E-state index in [0.717, 1.165) is 12.8 Å². The van der Waals surface area contributed by atoms with Gasteiger partial charge in [-0.1, -0.05) is 37.5 Å². The second-order valence-electron chi connectivity index (χ2n) is 7.28. The summed E-state index contributed by atoms with van der Waals surface area (Å²) in [5, 5.41) is 8.50. The van der Waals surface area contributed by atoms with Gasteiger partial charge in [-0.3, -0.25) is 4.79 Å². The molecule has 3 amide bonds. The van der Waals surface area contributed by atoms with Crippen LogP contribution in [-0.2, 0) is 4.79 Å². The Morgan fingerprint density at radius 2 is 1.80 bits per heavy atom. The summed E-state index contributed by atoms with van der Waals surface area (Å²) < 4.78 is 0. The van der Waals surface area contributed by atoms with Crippen molar-refractivity contribution in [2.45, 2.75) is 57.5 Å². The first kappa shape index (κ1) is 19.2. The van der Waals surface area contributed by atoms with Gasteiger partial charge in [0.25, 0.3) is 0 Å². The molecule has 1 fully saturated rings. The number of benzene rings is 1. The van der Waals surface area contributed by atoms with Gasteiger partial charge in [0.05, 0.1) is 0 Å². The van der Waals surface area contributed by atoms with Crippen LogP contribution in [0.5, 0.6) is 0 Å². The van der Waals surface area contributed by atoms with E-state index < -0.39 is 11.6 Å². The zero-order chi connectivity index (χ0) is 18.3. The maximum absolute atomic E-state index is 12.7. The van der Waals surface area contributed by atoms with Crippen LogP contribution in [0.25, 0.3) is 0 Å². The topological polar surface area (TPSA) is 96.2 Å². The fourth-order valence-corrected chi connectivity index (χ4v) is 3.28. The molecule has 0 aromatic heterocycles. The van der Waals surface area contributed by atoms with Crippen molar-refractivity contribution < 1.29 is 9.59 Å². The number of urea groups is 1. The maximum atomic E-state index is 12.7. The maximum Gasteiger partial charge on any atom is 0.320 e. The molecule has 1 atom stereocenters. The van der Waals surface area contributed by atoms with Crippen LogP contribution in [0.4, 0.5) is 10.5 Å². The van der Waals surface area contributed by atoms with E-state index >= 15 is 0 Å². The van der Waals surface area contributed by atoms with E-state index in [4.69, 9.17) is 5.73 Å². The Labute approximate surface area is 149 Å². The van der Waals surface area contributed by atoms with Crippen molar-refractivity contribution in [3.05, 3.63) is 30.3 Å². The molecule has 0 radical (unpaired) electrons. The summed E-state index contributed by atoms with van der Waals surface area (Å²) >= 11 is 0. The minimum Gasteiger partial charge on any atom is -0.350 e. The zero-order valence-electron chi connectivity index (χ0n) is 15.2. The number of nitrogens with one attached hydrogen (secondary N) is 3. The van der Waals surface area contributed by atoms with Crippen molar-refractivity contribution in [1.29, 1.82) is 0 Å². The number of carbonyl (C=O) groups excluding carboxylic acids is 2. The van der Waals surface area contributed by atoms with Crippen LogP contribution in [0.1, 0.15) is 46.0 Å². The fraction of sp³-hybridized carbons (Fsp3) is 0.579. The van der Waals surface area contributed by atoms with Gasteiger partial charge in [0.1, 0.15) is 5.54 Å². The van der Waals surface area contributed by atoms with Crippen LogP contribution < -0.4 is 21.7 Å². The van der Waals surface area contributed by atoms with Crippen LogP contribution in [-0.4, -0.2) is 30.1 Å². The minimum absolute atomic E-state index is 0.0361. The molecule has 25 heavy (non-hydrogen) atoms. The predicted molar refractivity (Wildman–Crippen MR) is 100 cm³/mol. The van der Waals surface area contributed by atoms with E-state index in [-0.39, 0.29) is 11.9 Å². The van der Waals surface area contributed by atoms with Crippen molar-refractivity contribution in [2.75, 3.05) is 11.9 Å². The molecule has 6 nitrogen and oxygen atoms in total. The van der Waals surface area contributed by atoms with Crippen molar-refractivity contribution in [3.63, 3.8) is 0 Å². The molecule has 1 unspecified atom stereocenters. The largest absolute Gasteiger partial charge is 0.350 e. The Bertz CT molecular complexity index is 568. The van der Waals surface area contributed by atoms with Gasteiger partial charge in [0.2, 0.25) is 5.91 Å². The minimum atomic E-state index is -1.03. The number of nitrogens with two attached hydrogens (primary N) is 1. The molecular formula is C19H30N4O2. The van der Waals surface area contributed by atoms with Crippen molar-refractivity contribution in [2.24, 2.45) is 11.7 Å². The van der Waals surface area contributed by atoms with Gasteiger partial charge in [-0.05, 0) is 44.7 Å². The first-order valence-electron chi connectivity index (χ1n) is 9.07. The predicted octanol–water partition coefficient (Wildman–Crippen LogP) is 2.61. The molecule has 0 heterocycles. The molecular weight excluding hydrogens is 316 g/mol. The van der Waals surface area contributed by atoms with Gasteiger partial charge < -0.3 is 21.7 Å². The third kappa shape index (κ3) is 5.74. The number of amides is 3. The van der Waals surface area contributed by atoms with Crippen molar-refractivity contribution in [1.82, 2.24) is 10.6 Å². The Balaban J connectivity index is 1.90. The van der Waals surface area contributed by atoms with Gasteiger partial charge in [-0.2, -0.15) is 0 Å². The molecule has 0 spiro atoms. The lowest BCUT2D eigenvalue weighted by Gasteiger charge is -2.33. The smallest absolute Gasteiger partial charge is 0.320 e. The van der Waals surface area contributed by atoms with E-state index in [2.05, 4.69) is 16.0 Å². The summed E-state index contributed by atoms with van der Waals surface area (Å²) in [6.07, 6.45) is 5.85. The highest BCUT2D eigenvalue weighted by molar-refractivity contribution is 5.95. The van der Waals surface area contributed by atoms with Crippen LogP contribution >= 0.6 is 0 Å². The molecule has 138 valence electrons. The Morgan fingerprint density at radius 1 is 1.16 bits per heavy atom. The SMILES string of the molecule is CC(C)(NC(=O)Nc1ccccc1)C(=O)NC(CN)C1CCCCC1. The number of carbonyl (C=O) groups is 2. The lowest BCUT2D eigenvalue weighted by molar-refractivity contribution is -0.127. The summed E-state index contributed by atoms with van der Waals surface area (Å²) in [6, 6.07) is 8.69. The summed E-state index contributed by atoms with van der Waals surface area (Å²) in [6.45, 7) is 3.81.